The molecule has 0 saturated carbocycles. The van der Waals surface area contributed by atoms with Gasteiger partial charge >= 0.3 is 0 Å². The Morgan fingerprint density at radius 1 is 1.32 bits per heavy atom. The van der Waals surface area contributed by atoms with E-state index in [4.69, 9.17) is 11.6 Å². The fourth-order valence-corrected chi connectivity index (χ4v) is 4.47. The first-order chi connectivity index (χ1) is 8.79. The normalized spacial score (nSPS) is 11.6. The molecule has 0 saturated heterocycles. The van der Waals surface area contributed by atoms with Crippen LogP contribution in [0.4, 0.5) is 5.95 Å². The molecule has 2 aromatic rings. The molecule has 10 heteroatoms. The second-order valence-corrected chi connectivity index (χ2v) is 8.29. The van der Waals surface area contributed by atoms with Gasteiger partial charge in [-0.3, -0.25) is 0 Å². The summed E-state index contributed by atoms with van der Waals surface area (Å²) in [5.41, 5.74) is 1.25. The Balaban J connectivity index is 2.33. The maximum atomic E-state index is 12.1. The van der Waals surface area contributed by atoms with Crippen molar-refractivity contribution in [3.63, 3.8) is 0 Å². The topological polar surface area (TPSA) is 84.8 Å². The van der Waals surface area contributed by atoms with Gasteiger partial charge in [0.25, 0.3) is 16.0 Å². The van der Waals surface area contributed by atoms with Gasteiger partial charge in [0.15, 0.2) is 0 Å². The summed E-state index contributed by atoms with van der Waals surface area (Å²) in [6, 6.07) is 1.35. The fraction of sp³-hybridized carbons (Fsp3) is 0.222. The minimum Gasteiger partial charge on any atom is -0.245 e. The van der Waals surface area contributed by atoms with Crippen molar-refractivity contribution in [3.05, 3.63) is 26.3 Å². The summed E-state index contributed by atoms with van der Waals surface area (Å²) in [5, 5.41) is 7.83. The van der Waals surface area contributed by atoms with Gasteiger partial charge in [0, 0.05) is 0 Å². The molecule has 0 aliphatic carbocycles. The second kappa shape index (κ2) is 5.31. The number of aryl methyl sites for hydroxylation is 2. The predicted octanol–water partition coefficient (Wildman–Crippen LogP) is 2.77. The molecule has 102 valence electrons. The number of hydrogen-bond acceptors (Lipinski definition) is 6. The van der Waals surface area contributed by atoms with Gasteiger partial charge < -0.3 is 0 Å². The molecule has 2 heterocycles. The zero-order valence-corrected chi connectivity index (χ0v) is 13.8. The van der Waals surface area contributed by atoms with E-state index in [0.717, 1.165) is 11.3 Å². The molecule has 2 rings (SSSR count). The van der Waals surface area contributed by atoms with Gasteiger partial charge in [-0.2, -0.15) is 5.10 Å². The van der Waals surface area contributed by atoms with E-state index in [9.17, 15) is 8.42 Å². The largest absolute Gasteiger partial charge is 0.273 e. The highest BCUT2D eigenvalue weighted by Gasteiger charge is 2.20. The van der Waals surface area contributed by atoms with E-state index in [1.807, 2.05) is 0 Å². The third-order valence-corrected chi connectivity index (χ3v) is 6.48. The SMILES string of the molecule is Cc1nnc(NS(=O)(=O)c2cc(Cl)c(Br)s2)nc1C. The van der Waals surface area contributed by atoms with Crippen LogP contribution in [0.2, 0.25) is 5.02 Å². The third kappa shape index (κ3) is 3.22. The van der Waals surface area contributed by atoms with Crippen LogP contribution in [0.3, 0.4) is 0 Å². The smallest absolute Gasteiger partial charge is 0.245 e. The number of aromatic nitrogens is 3. The lowest BCUT2D eigenvalue weighted by Gasteiger charge is -2.05. The first-order valence-corrected chi connectivity index (χ1v) is 8.42. The van der Waals surface area contributed by atoms with Gasteiger partial charge in [0.1, 0.15) is 4.21 Å². The van der Waals surface area contributed by atoms with Gasteiger partial charge in [-0.05, 0) is 35.8 Å². The van der Waals surface area contributed by atoms with Crippen LogP contribution in [0, 0.1) is 13.8 Å². The van der Waals surface area contributed by atoms with Crippen LogP contribution in [0.5, 0.6) is 0 Å². The van der Waals surface area contributed by atoms with E-state index < -0.39 is 10.0 Å². The van der Waals surface area contributed by atoms with Crippen molar-refractivity contribution in [3.8, 4) is 0 Å². The van der Waals surface area contributed by atoms with E-state index >= 15 is 0 Å². The number of nitrogens with one attached hydrogen (secondary N) is 1. The molecular weight excluding hydrogens is 376 g/mol. The Hall–Kier alpha value is -0.770. The number of hydrogen-bond donors (Lipinski definition) is 1. The molecule has 19 heavy (non-hydrogen) atoms. The molecule has 0 aliphatic heterocycles. The average Bonchev–Trinajstić information content (AvgIpc) is 2.65. The maximum Gasteiger partial charge on any atom is 0.273 e. The van der Waals surface area contributed by atoms with Crippen LogP contribution in [0.1, 0.15) is 11.4 Å². The lowest BCUT2D eigenvalue weighted by atomic mass is 10.4. The average molecular weight is 384 g/mol. The zero-order chi connectivity index (χ0) is 14.2. The number of rotatable bonds is 3. The summed E-state index contributed by atoms with van der Waals surface area (Å²) in [6.45, 7) is 3.46. The number of halogens is 2. The van der Waals surface area contributed by atoms with Crippen LogP contribution >= 0.6 is 38.9 Å². The van der Waals surface area contributed by atoms with Gasteiger partial charge in [0.05, 0.1) is 20.2 Å². The summed E-state index contributed by atoms with van der Waals surface area (Å²) in [7, 11) is -3.76. The van der Waals surface area contributed by atoms with Gasteiger partial charge in [-0.1, -0.05) is 11.6 Å². The molecule has 0 radical (unpaired) electrons. The molecular formula is C9H8BrClN4O2S2. The molecule has 0 spiro atoms. The minimum absolute atomic E-state index is 0.0660. The molecule has 0 aromatic carbocycles. The van der Waals surface area contributed by atoms with Gasteiger partial charge in [-0.15, -0.1) is 16.4 Å². The fourth-order valence-electron chi connectivity index (χ4n) is 1.13. The van der Waals surface area contributed by atoms with Crippen LogP contribution in [0.25, 0.3) is 0 Å². The van der Waals surface area contributed by atoms with E-state index in [1.54, 1.807) is 13.8 Å². The van der Waals surface area contributed by atoms with E-state index in [0.29, 0.717) is 20.2 Å². The van der Waals surface area contributed by atoms with Crippen molar-refractivity contribution in [1.82, 2.24) is 15.2 Å². The van der Waals surface area contributed by atoms with E-state index in [-0.39, 0.29) is 10.2 Å². The molecule has 1 N–H and O–H groups in total. The van der Waals surface area contributed by atoms with Crippen LogP contribution in [0.15, 0.2) is 14.1 Å². The molecule has 0 amide bonds. The monoisotopic (exact) mass is 382 g/mol. The maximum absolute atomic E-state index is 12.1. The number of sulfonamides is 1. The van der Waals surface area contributed by atoms with Crippen molar-refractivity contribution in [2.24, 2.45) is 0 Å². The van der Waals surface area contributed by atoms with Crippen LogP contribution < -0.4 is 4.72 Å². The van der Waals surface area contributed by atoms with Crippen molar-refractivity contribution < 1.29 is 8.42 Å². The molecule has 0 fully saturated rings. The second-order valence-electron chi connectivity index (χ2n) is 3.60. The molecule has 2 aromatic heterocycles. The Labute approximate surface area is 127 Å². The van der Waals surface area contributed by atoms with Crippen molar-refractivity contribution in [2.75, 3.05) is 4.72 Å². The molecule has 0 atom stereocenters. The Morgan fingerprint density at radius 2 is 2.00 bits per heavy atom. The van der Waals surface area contributed by atoms with Crippen LogP contribution in [-0.4, -0.2) is 23.6 Å². The third-order valence-electron chi connectivity index (χ3n) is 2.20. The lowest BCUT2D eigenvalue weighted by Crippen LogP contribution is -2.15. The van der Waals surface area contributed by atoms with Crippen molar-refractivity contribution in [2.45, 2.75) is 18.1 Å². The zero-order valence-electron chi connectivity index (χ0n) is 9.81. The molecule has 0 aliphatic rings. The summed E-state index contributed by atoms with van der Waals surface area (Å²) >= 11 is 9.98. The van der Waals surface area contributed by atoms with Crippen molar-refractivity contribution >= 4 is 54.8 Å². The van der Waals surface area contributed by atoms with E-state index in [2.05, 4.69) is 35.8 Å². The van der Waals surface area contributed by atoms with Crippen molar-refractivity contribution in [1.29, 1.82) is 0 Å². The quantitative estimate of drug-likeness (QED) is 0.881. The summed E-state index contributed by atoms with van der Waals surface area (Å²) < 4.78 is 27.0. The van der Waals surface area contributed by atoms with Crippen LogP contribution in [-0.2, 0) is 10.0 Å². The lowest BCUT2D eigenvalue weighted by molar-refractivity contribution is 0.602. The number of anilines is 1. The Bertz CT molecular complexity index is 712. The summed E-state index contributed by atoms with van der Waals surface area (Å²) in [4.78, 5) is 4.01. The first-order valence-electron chi connectivity index (χ1n) is 4.95. The standard InChI is InChI=1S/C9H8BrClN4O2S2/c1-4-5(2)13-14-9(12-4)15-19(16,17)7-3-6(11)8(10)18-7/h3H,1-2H3,(H,12,14,15). The molecule has 0 bridgehead atoms. The first kappa shape index (κ1) is 14.6. The summed E-state index contributed by atoms with van der Waals surface area (Å²) in [6.07, 6.45) is 0. The molecule has 6 nitrogen and oxygen atoms in total. The highest BCUT2D eigenvalue weighted by atomic mass is 79.9. The highest BCUT2D eigenvalue weighted by molar-refractivity contribution is 9.11. The predicted molar refractivity (Wildman–Crippen MR) is 77.1 cm³/mol. The van der Waals surface area contributed by atoms with E-state index in [1.165, 1.54) is 6.07 Å². The Kier molecular flexibility index (Phi) is 4.09. The number of thiophene rings is 1. The summed E-state index contributed by atoms with van der Waals surface area (Å²) in [5.74, 6) is -0.0660. The van der Waals surface area contributed by atoms with Gasteiger partial charge in [-0.25, -0.2) is 18.1 Å². The minimum atomic E-state index is -3.76. The highest BCUT2D eigenvalue weighted by Crippen LogP contribution is 2.35. The molecule has 0 unspecified atom stereocenters. The van der Waals surface area contributed by atoms with Gasteiger partial charge in [0.2, 0.25) is 0 Å². The number of nitrogens with zero attached hydrogens (tertiary/aromatic N) is 3. The Morgan fingerprint density at radius 3 is 2.53 bits per heavy atom.